The number of benzene rings is 1. The predicted octanol–water partition coefficient (Wildman–Crippen LogP) is 3.73. The molecule has 2 aliphatic rings. The molecule has 0 spiro atoms. The zero-order valence-electron chi connectivity index (χ0n) is 13.3. The summed E-state index contributed by atoms with van der Waals surface area (Å²) in [7, 11) is 1.64. The first-order valence-electron chi connectivity index (χ1n) is 7.80. The van der Waals surface area contributed by atoms with Gasteiger partial charge >= 0.3 is 0 Å². The van der Waals surface area contributed by atoms with Gasteiger partial charge in [0.2, 0.25) is 0 Å². The minimum atomic E-state index is 0.250. The summed E-state index contributed by atoms with van der Waals surface area (Å²) in [6.45, 7) is 6.46. The highest BCUT2D eigenvalue weighted by atomic mass is 32.1. The summed E-state index contributed by atoms with van der Waals surface area (Å²) in [5.74, 6) is 0.903. The van der Waals surface area contributed by atoms with E-state index in [2.05, 4.69) is 24.8 Å². The fourth-order valence-electron chi connectivity index (χ4n) is 4.00. The summed E-state index contributed by atoms with van der Waals surface area (Å²) < 4.78 is 5.45. The normalized spacial score (nSPS) is 20.2. The van der Waals surface area contributed by atoms with Crippen LogP contribution in [0.15, 0.2) is 12.1 Å². The number of fused-ring (bicyclic) bond motifs is 4. The molecule has 3 nitrogen and oxygen atoms in total. The van der Waals surface area contributed by atoms with Gasteiger partial charge in [-0.3, -0.25) is 4.90 Å². The molecule has 1 aromatic carbocycles. The topological polar surface area (TPSA) is 32.7 Å². The van der Waals surface area contributed by atoms with Crippen molar-refractivity contribution in [3.05, 3.63) is 44.1 Å². The quantitative estimate of drug-likeness (QED) is 0.870. The highest BCUT2D eigenvalue weighted by molar-refractivity contribution is 7.12. The maximum absolute atomic E-state index is 10.0. The predicted molar refractivity (Wildman–Crippen MR) is 89.0 cm³/mol. The van der Waals surface area contributed by atoms with Crippen LogP contribution in [-0.2, 0) is 19.4 Å². The fraction of sp³-hybridized carbons (Fsp3) is 0.444. The summed E-state index contributed by atoms with van der Waals surface area (Å²) >= 11 is 1.97. The lowest BCUT2D eigenvalue weighted by Gasteiger charge is -2.41. The van der Waals surface area contributed by atoms with Gasteiger partial charge in [0.15, 0.2) is 11.5 Å². The number of aryl methyl sites for hydroxylation is 1. The molecule has 0 radical (unpaired) electrons. The molecule has 1 aromatic heterocycles. The number of ether oxygens (including phenoxy) is 1. The number of phenolic OH excluding ortho intramolecular Hbond substituents is 1. The summed E-state index contributed by atoms with van der Waals surface area (Å²) in [6, 6.07) is 4.31. The Bertz CT molecular complexity index is 750. The smallest absolute Gasteiger partial charge is 0.165 e. The van der Waals surface area contributed by atoms with Crippen LogP contribution in [0.2, 0.25) is 0 Å². The molecule has 3 heterocycles. The Labute approximate surface area is 135 Å². The van der Waals surface area contributed by atoms with Gasteiger partial charge in [-0.05, 0) is 49.4 Å². The van der Waals surface area contributed by atoms with E-state index in [0.29, 0.717) is 11.8 Å². The van der Waals surface area contributed by atoms with Gasteiger partial charge < -0.3 is 9.84 Å². The minimum absolute atomic E-state index is 0.250. The second kappa shape index (κ2) is 5.00. The molecule has 1 N–H and O–H groups in total. The molecule has 22 heavy (non-hydrogen) atoms. The van der Waals surface area contributed by atoms with Gasteiger partial charge in [-0.25, -0.2) is 0 Å². The third kappa shape index (κ3) is 1.90. The number of phenols is 1. The van der Waals surface area contributed by atoms with Crippen molar-refractivity contribution in [2.45, 2.75) is 39.3 Å². The van der Waals surface area contributed by atoms with Crippen LogP contribution >= 0.6 is 11.3 Å². The molecule has 2 aromatic rings. The lowest BCUT2D eigenvalue weighted by Crippen LogP contribution is -2.39. The van der Waals surface area contributed by atoms with Crippen LogP contribution in [0, 0.1) is 13.8 Å². The zero-order chi connectivity index (χ0) is 15.4. The van der Waals surface area contributed by atoms with Crippen LogP contribution in [0.3, 0.4) is 0 Å². The third-order valence-electron chi connectivity index (χ3n) is 5.22. The van der Waals surface area contributed by atoms with E-state index in [1.165, 1.54) is 16.0 Å². The lowest BCUT2D eigenvalue weighted by molar-refractivity contribution is 0.159. The van der Waals surface area contributed by atoms with Gasteiger partial charge in [0, 0.05) is 34.4 Å². The highest BCUT2D eigenvalue weighted by Crippen LogP contribution is 2.46. The summed E-state index contributed by atoms with van der Waals surface area (Å²) in [5, 5.41) is 10.0. The fourth-order valence-corrected chi connectivity index (χ4v) is 5.23. The van der Waals surface area contributed by atoms with Crippen LogP contribution < -0.4 is 4.74 Å². The average molecular weight is 315 g/mol. The number of rotatable bonds is 1. The first kappa shape index (κ1) is 14.1. The van der Waals surface area contributed by atoms with Crippen molar-refractivity contribution in [2.75, 3.05) is 13.7 Å². The standard InChI is InChI=1S/C18H21NO2S/c1-10-11(2)22-16-6-7-19-9-13-12(8-14(19)17(10)16)4-5-15(20)18(13)21-3/h4-5,14,20H,6-9H2,1-3H3/t14-/m0/s1. The van der Waals surface area contributed by atoms with E-state index >= 15 is 0 Å². The van der Waals surface area contributed by atoms with Crippen molar-refractivity contribution in [2.24, 2.45) is 0 Å². The Morgan fingerprint density at radius 1 is 1.32 bits per heavy atom. The van der Waals surface area contributed by atoms with Gasteiger partial charge in [0.05, 0.1) is 7.11 Å². The SMILES string of the molecule is COc1c(O)ccc2c1CN1CCc3sc(C)c(C)c3[C@@H]1C2. The monoisotopic (exact) mass is 315 g/mol. The van der Waals surface area contributed by atoms with Crippen LogP contribution in [-0.4, -0.2) is 23.7 Å². The molecule has 0 saturated heterocycles. The van der Waals surface area contributed by atoms with E-state index in [9.17, 15) is 5.11 Å². The second-order valence-corrected chi connectivity index (χ2v) is 7.63. The first-order chi connectivity index (χ1) is 10.6. The molecule has 0 aliphatic carbocycles. The van der Waals surface area contributed by atoms with Crippen LogP contribution in [0.25, 0.3) is 0 Å². The molecule has 0 amide bonds. The van der Waals surface area contributed by atoms with Crippen LogP contribution in [0.4, 0.5) is 0 Å². The highest BCUT2D eigenvalue weighted by Gasteiger charge is 2.36. The minimum Gasteiger partial charge on any atom is -0.504 e. The molecular formula is C18H21NO2S. The van der Waals surface area contributed by atoms with E-state index in [1.807, 2.05) is 11.3 Å². The molecule has 4 rings (SSSR count). The molecule has 1 atom stereocenters. The van der Waals surface area contributed by atoms with E-state index in [4.69, 9.17) is 4.74 Å². The van der Waals surface area contributed by atoms with E-state index in [1.54, 1.807) is 23.6 Å². The van der Waals surface area contributed by atoms with Crippen molar-refractivity contribution in [3.63, 3.8) is 0 Å². The largest absolute Gasteiger partial charge is 0.504 e. The van der Waals surface area contributed by atoms with Crippen molar-refractivity contribution >= 4 is 11.3 Å². The van der Waals surface area contributed by atoms with Gasteiger partial charge in [-0.2, -0.15) is 0 Å². The zero-order valence-corrected chi connectivity index (χ0v) is 14.1. The van der Waals surface area contributed by atoms with Gasteiger partial charge in [0.25, 0.3) is 0 Å². The molecule has 0 bridgehead atoms. The summed E-state index contributed by atoms with van der Waals surface area (Å²) in [6.07, 6.45) is 2.15. The Hall–Kier alpha value is -1.52. The number of hydrogen-bond donors (Lipinski definition) is 1. The summed E-state index contributed by atoms with van der Waals surface area (Å²) in [5.41, 5.74) is 5.51. The van der Waals surface area contributed by atoms with Gasteiger partial charge in [0.1, 0.15) is 0 Å². The number of thiophene rings is 1. The van der Waals surface area contributed by atoms with Crippen molar-refractivity contribution in [1.29, 1.82) is 0 Å². The Kier molecular flexibility index (Phi) is 3.20. The van der Waals surface area contributed by atoms with Crippen LogP contribution in [0.1, 0.15) is 38.0 Å². The maximum atomic E-state index is 10.0. The Morgan fingerprint density at radius 2 is 2.14 bits per heavy atom. The molecule has 0 fully saturated rings. The molecule has 4 heteroatoms. The molecular weight excluding hydrogens is 294 g/mol. The van der Waals surface area contributed by atoms with Gasteiger partial charge in [-0.1, -0.05) is 6.07 Å². The lowest BCUT2D eigenvalue weighted by atomic mass is 9.85. The maximum Gasteiger partial charge on any atom is 0.165 e. The number of hydrogen-bond acceptors (Lipinski definition) is 4. The number of aromatic hydroxyl groups is 1. The van der Waals surface area contributed by atoms with Crippen LogP contribution in [0.5, 0.6) is 11.5 Å². The Balaban J connectivity index is 1.81. The summed E-state index contributed by atoms with van der Waals surface area (Å²) in [4.78, 5) is 5.58. The molecule has 2 aliphatic heterocycles. The molecule has 0 saturated carbocycles. The van der Waals surface area contributed by atoms with Crippen molar-refractivity contribution in [3.8, 4) is 11.5 Å². The number of methoxy groups -OCH3 is 1. The van der Waals surface area contributed by atoms with Crippen molar-refractivity contribution < 1.29 is 9.84 Å². The Morgan fingerprint density at radius 3 is 2.91 bits per heavy atom. The van der Waals surface area contributed by atoms with Gasteiger partial charge in [-0.15, -0.1) is 11.3 Å². The number of nitrogens with zero attached hydrogens (tertiary/aromatic N) is 1. The van der Waals surface area contributed by atoms with E-state index in [0.717, 1.165) is 31.5 Å². The van der Waals surface area contributed by atoms with Crippen molar-refractivity contribution in [1.82, 2.24) is 4.90 Å². The first-order valence-corrected chi connectivity index (χ1v) is 8.62. The second-order valence-electron chi connectivity index (χ2n) is 6.32. The van der Waals surface area contributed by atoms with E-state index < -0.39 is 0 Å². The molecule has 116 valence electrons. The third-order valence-corrected chi connectivity index (χ3v) is 6.51. The average Bonchev–Trinajstić information content (AvgIpc) is 2.81. The molecule has 0 unspecified atom stereocenters. The van der Waals surface area contributed by atoms with E-state index in [-0.39, 0.29) is 5.75 Å².